The third kappa shape index (κ3) is 4.04. The van der Waals surface area contributed by atoms with Crippen LogP contribution in [0.1, 0.15) is 51.4 Å². The number of hydrogen-bond acceptors (Lipinski definition) is 4. The lowest BCUT2D eigenvalue weighted by Gasteiger charge is -2.46. The second-order valence-corrected chi connectivity index (χ2v) is 10.1. The Morgan fingerprint density at radius 2 is 1.79 bits per heavy atom. The molecule has 190 valence electrons. The third-order valence-corrected chi connectivity index (χ3v) is 7.93. The van der Waals surface area contributed by atoms with Crippen LogP contribution in [0.15, 0.2) is 90.8 Å². The van der Waals surface area contributed by atoms with Crippen LogP contribution in [0.4, 0.5) is 4.39 Å². The van der Waals surface area contributed by atoms with E-state index >= 15 is 0 Å². The summed E-state index contributed by atoms with van der Waals surface area (Å²) in [5, 5.41) is 4.60. The van der Waals surface area contributed by atoms with Gasteiger partial charge < -0.3 is 4.90 Å². The van der Waals surface area contributed by atoms with Crippen molar-refractivity contribution in [3.8, 4) is 5.69 Å². The molecule has 0 radical (unpaired) electrons. The Balaban J connectivity index is 1.40. The van der Waals surface area contributed by atoms with Crippen LogP contribution in [-0.4, -0.2) is 44.4 Å². The predicted octanol–water partition coefficient (Wildman–Crippen LogP) is 5.54. The van der Waals surface area contributed by atoms with E-state index in [4.69, 9.17) is 0 Å². The number of amides is 1. The number of hydrogen-bond donors (Lipinski definition) is 0. The first-order chi connectivity index (χ1) is 18.5. The molecule has 1 saturated carbocycles. The van der Waals surface area contributed by atoms with Gasteiger partial charge in [-0.15, -0.1) is 0 Å². The molecule has 0 saturated heterocycles. The van der Waals surface area contributed by atoms with E-state index in [1.54, 1.807) is 46.2 Å². The van der Waals surface area contributed by atoms with Crippen molar-refractivity contribution in [1.29, 1.82) is 0 Å². The van der Waals surface area contributed by atoms with Crippen LogP contribution in [0.5, 0.6) is 0 Å². The minimum atomic E-state index is -0.827. The van der Waals surface area contributed by atoms with Gasteiger partial charge in [-0.3, -0.25) is 14.6 Å². The molecule has 1 fully saturated rings. The molecule has 2 aliphatic carbocycles. The minimum Gasteiger partial charge on any atom is -0.339 e. The number of Topliss-reactive ketones (excluding diaryl/α,β-unsaturated/α-hetero) is 1. The van der Waals surface area contributed by atoms with Crippen LogP contribution in [0.3, 0.4) is 0 Å². The summed E-state index contributed by atoms with van der Waals surface area (Å²) in [5.41, 5.74) is 3.87. The fourth-order valence-electron chi connectivity index (χ4n) is 5.89. The molecular formula is C31H27FN4O2. The average molecular weight is 507 g/mol. The third-order valence-electron chi connectivity index (χ3n) is 7.93. The maximum absolute atomic E-state index is 14.2. The number of carbonyl (C=O) groups is 2. The molecule has 0 spiro atoms. The van der Waals surface area contributed by atoms with Gasteiger partial charge in [0.15, 0.2) is 5.78 Å². The lowest BCUT2D eigenvalue weighted by molar-refractivity contribution is 0.0573. The lowest BCUT2D eigenvalue weighted by atomic mass is 9.60. The number of ketones is 1. The highest BCUT2D eigenvalue weighted by Gasteiger charge is 2.50. The van der Waals surface area contributed by atoms with E-state index in [9.17, 15) is 14.0 Å². The van der Waals surface area contributed by atoms with Crippen molar-refractivity contribution in [1.82, 2.24) is 19.7 Å². The largest absolute Gasteiger partial charge is 0.339 e. The molecule has 2 heterocycles. The van der Waals surface area contributed by atoms with Gasteiger partial charge in [0.2, 0.25) is 0 Å². The van der Waals surface area contributed by atoms with Crippen molar-refractivity contribution in [3.05, 3.63) is 119 Å². The molecule has 2 aromatic heterocycles. The molecule has 2 aromatic carbocycles. The number of pyridine rings is 1. The average Bonchev–Trinajstić information content (AvgIpc) is 3.38. The summed E-state index contributed by atoms with van der Waals surface area (Å²) >= 11 is 0. The summed E-state index contributed by atoms with van der Waals surface area (Å²) in [6, 6.07) is 20.7. The van der Waals surface area contributed by atoms with Crippen molar-refractivity contribution in [2.24, 2.45) is 5.41 Å². The zero-order chi connectivity index (χ0) is 26.3. The van der Waals surface area contributed by atoms with Crippen molar-refractivity contribution in [2.45, 2.75) is 31.7 Å². The molecule has 6 nitrogen and oxygen atoms in total. The zero-order valence-corrected chi connectivity index (χ0v) is 21.0. The number of benzene rings is 2. The number of rotatable bonds is 5. The zero-order valence-electron chi connectivity index (χ0n) is 21.0. The van der Waals surface area contributed by atoms with Crippen molar-refractivity contribution in [2.75, 3.05) is 7.05 Å². The Kier molecular flexibility index (Phi) is 5.98. The maximum Gasteiger partial charge on any atom is 0.253 e. The van der Waals surface area contributed by atoms with Crippen molar-refractivity contribution in [3.63, 3.8) is 0 Å². The highest BCUT2D eigenvalue weighted by molar-refractivity contribution is 6.03. The fourth-order valence-corrected chi connectivity index (χ4v) is 5.89. The van der Waals surface area contributed by atoms with E-state index in [1.165, 1.54) is 12.1 Å². The van der Waals surface area contributed by atoms with Crippen molar-refractivity contribution < 1.29 is 14.0 Å². The fraction of sp³-hybridized carbons (Fsp3) is 0.226. The molecule has 0 N–H and O–H groups in total. The molecule has 38 heavy (non-hydrogen) atoms. The molecular weight excluding hydrogens is 479 g/mol. The first-order valence-corrected chi connectivity index (χ1v) is 12.8. The maximum atomic E-state index is 14.2. The summed E-state index contributed by atoms with van der Waals surface area (Å²) in [6.07, 6.45) is 7.90. The summed E-state index contributed by atoms with van der Waals surface area (Å²) in [6.45, 7) is 0. The van der Waals surface area contributed by atoms with Gasteiger partial charge in [-0.05, 0) is 85.9 Å². The van der Waals surface area contributed by atoms with Gasteiger partial charge in [0.05, 0.1) is 23.0 Å². The van der Waals surface area contributed by atoms with E-state index in [-0.39, 0.29) is 23.5 Å². The van der Waals surface area contributed by atoms with Crippen LogP contribution in [-0.2, 0) is 6.42 Å². The Bertz CT molecular complexity index is 1530. The molecule has 1 amide bonds. The van der Waals surface area contributed by atoms with Gasteiger partial charge in [-0.25, -0.2) is 9.07 Å². The molecule has 2 aliphatic rings. The Labute approximate surface area is 220 Å². The van der Waals surface area contributed by atoms with Gasteiger partial charge in [0.1, 0.15) is 11.5 Å². The van der Waals surface area contributed by atoms with Crippen LogP contribution in [0, 0.1) is 11.2 Å². The van der Waals surface area contributed by atoms with Gasteiger partial charge in [0.25, 0.3) is 5.91 Å². The van der Waals surface area contributed by atoms with Crippen molar-refractivity contribution >= 4 is 17.8 Å². The summed E-state index contributed by atoms with van der Waals surface area (Å²) in [4.78, 5) is 33.7. The highest BCUT2D eigenvalue weighted by Crippen LogP contribution is 2.50. The molecule has 6 rings (SSSR count). The standard InChI is InChI=1S/C31H27FN4O2/c1-35(30(38)21-7-3-2-4-8-21)26-13-10-23-17-28-22(20-34-36(28)25-14-11-24(32)12-15-25)18-31(23,19-26)29(37)27-9-5-6-16-33-27/h2-9,11-12,14-17,20,26H,10,13,18-19H2,1H3/t26-,31-/m0/s1. The lowest BCUT2D eigenvalue weighted by Crippen LogP contribution is -2.49. The summed E-state index contributed by atoms with van der Waals surface area (Å²) in [7, 11) is 1.83. The Morgan fingerprint density at radius 3 is 2.53 bits per heavy atom. The smallest absolute Gasteiger partial charge is 0.253 e. The van der Waals surface area contributed by atoms with Crippen LogP contribution >= 0.6 is 0 Å². The highest BCUT2D eigenvalue weighted by atomic mass is 19.1. The number of fused-ring (bicyclic) bond motifs is 2. The van der Waals surface area contributed by atoms with Gasteiger partial charge >= 0.3 is 0 Å². The monoisotopic (exact) mass is 506 g/mol. The second-order valence-electron chi connectivity index (χ2n) is 10.1. The predicted molar refractivity (Wildman–Crippen MR) is 142 cm³/mol. The van der Waals surface area contributed by atoms with Crippen LogP contribution in [0.25, 0.3) is 11.8 Å². The summed E-state index contributed by atoms with van der Waals surface area (Å²) < 4.78 is 15.3. The van der Waals surface area contributed by atoms with E-state index in [2.05, 4.69) is 16.2 Å². The number of nitrogens with zero attached hydrogens (tertiary/aromatic N) is 4. The van der Waals surface area contributed by atoms with E-state index in [0.717, 1.165) is 28.9 Å². The molecule has 2 atom stereocenters. The Morgan fingerprint density at radius 1 is 1.03 bits per heavy atom. The van der Waals surface area contributed by atoms with Crippen LogP contribution < -0.4 is 0 Å². The quantitative estimate of drug-likeness (QED) is 0.333. The van der Waals surface area contributed by atoms with E-state index < -0.39 is 5.41 Å². The van der Waals surface area contributed by atoms with E-state index in [1.807, 2.05) is 43.4 Å². The van der Waals surface area contributed by atoms with Crippen LogP contribution in [0.2, 0.25) is 0 Å². The SMILES string of the molecule is CN(C(=O)c1ccccc1)[C@H]1CCC2=Cc3c(cnn3-c3ccc(F)cc3)C[C@]2(C(=O)c2ccccn2)C1. The number of halogens is 1. The topological polar surface area (TPSA) is 68.1 Å². The first kappa shape index (κ1) is 24.0. The van der Waals surface area contributed by atoms with E-state index in [0.29, 0.717) is 30.5 Å². The number of carbonyl (C=O) groups excluding carboxylic acids is 2. The molecule has 7 heteroatoms. The minimum absolute atomic E-state index is 0.0326. The number of aromatic nitrogens is 3. The molecule has 4 aromatic rings. The number of allylic oxidation sites excluding steroid dienone is 1. The second kappa shape index (κ2) is 9.49. The van der Waals surface area contributed by atoms with Gasteiger partial charge in [-0.2, -0.15) is 5.10 Å². The first-order valence-electron chi connectivity index (χ1n) is 12.8. The van der Waals surface area contributed by atoms with Gasteiger partial charge in [0, 0.05) is 24.8 Å². The Hall–Kier alpha value is -4.39. The van der Waals surface area contributed by atoms with Gasteiger partial charge in [-0.1, -0.05) is 29.8 Å². The molecule has 0 unspecified atom stereocenters. The normalized spacial score (nSPS) is 20.2. The molecule has 0 bridgehead atoms. The summed E-state index contributed by atoms with van der Waals surface area (Å²) in [5.74, 6) is -0.389. The molecule has 0 aliphatic heterocycles.